The van der Waals surface area contributed by atoms with E-state index in [1.165, 1.54) is 37.7 Å². The van der Waals surface area contributed by atoms with Gasteiger partial charge in [0.15, 0.2) is 0 Å². The molecule has 0 bridgehead atoms. The first kappa shape index (κ1) is 27.7. The van der Waals surface area contributed by atoms with Gasteiger partial charge in [-0.3, -0.25) is 0 Å². The smallest absolute Gasteiger partial charge is 0.239 e. The second kappa shape index (κ2) is 11.7. The fourth-order valence-electron chi connectivity index (χ4n) is 4.59. The third-order valence-corrected chi connectivity index (χ3v) is 12.4. The van der Waals surface area contributed by atoms with Gasteiger partial charge in [-0.15, -0.1) is 0 Å². The van der Waals surface area contributed by atoms with Crippen LogP contribution in [0.1, 0.15) is 71.1 Å². The molecule has 0 amide bonds. The fraction of sp³-hybridized carbons (Fsp3) is 0.600. The lowest BCUT2D eigenvalue weighted by Crippen LogP contribution is -2.28. The van der Waals surface area contributed by atoms with Crippen molar-refractivity contribution in [2.45, 2.75) is 66.0 Å². The monoisotopic (exact) mass is 496 g/mol. The van der Waals surface area contributed by atoms with Gasteiger partial charge in [-0.2, -0.15) is 0 Å². The van der Waals surface area contributed by atoms with Gasteiger partial charge in [-0.05, 0) is 49.4 Å². The van der Waals surface area contributed by atoms with E-state index >= 15 is 0 Å². The van der Waals surface area contributed by atoms with Gasteiger partial charge in [-0.1, -0.05) is 34.6 Å². The van der Waals surface area contributed by atoms with Crippen LogP contribution < -0.4 is 4.31 Å². The van der Waals surface area contributed by atoms with Crippen LogP contribution in [0, 0.1) is 5.82 Å². The van der Waals surface area contributed by atoms with Crippen LogP contribution in [0.2, 0.25) is 0 Å². The molecule has 184 valence electrons. The van der Waals surface area contributed by atoms with Crippen molar-refractivity contribution in [1.29, 1.82) is 0 Å². The molecular formula is C25H40FN3O2PS+. The number of anilines is 1. The summed E-state index contributed by atoms with van der Waals surface area (Å²) in [6.45, 7) is 10.9. The number of hydrogen-bond donors (Lipinski definition) is 0. The Balaban J connectivity index is 2.84. The lowest BCUT2D eigenvalue weighted by molar-refractivity contribution is 0.599. The summed E-state index contributed by atoms with van der Waals surface area (Å²) >= 11 is 0. The molecule has 1 aromatic carbocycles. The van der Waals surface area contributed by atoms with Crippen LogP contribution in [0.3, 0.4) is 0 Å². The van der Waals surface area contributed by atoms with E-state index < -0.39 is 17.3 Å². The maximum atomic E-state index is 13.7. The first-order chi connectivity index (χ1) is 15.5. The molecule has 0 fully saturated rings. The van der Waals surface area contributed by atoms with Crippen molar-refractivity contribution >= 4 is 23.2 Å². The molecule has 2 aromatic rings. The molecule has 0 saturated carbocycles. The summed E-state index contributed by atoms with van der Waals surface area (Å²) in [4.78, 5) is 9.56. The van der Waals surface area contributed by atoms with E-state index in [2.05, 4.69) is 34.6 Å². The number of halogens is 1. The Morgan fingerprint density at radius 3 is 1.91 bits per heavy atom. The predicted octanol–water partition coefficient (Wildman–Crippen LogP) is 6.55. The zero-order valence-electron chi connectivity index (χ0n) is 21.2. The first-order valence-electron chi connectivity index (χ1n) is 11.9. The first-order valence-corrected chi connectivity index (χ1v) is 16.3. The minimum Gasteiger partial charge on any atom is -0.241 e. The second-order valence-corrected chi connectivity index (χ2v) is 15.7. The van der Waals surface area contributed by atoms with Gasteiger partial charge in [0.2, 0.25) is 16.0 Å². The number of aromatic nitrogens is 2. The molecule has 8 heteroatoms. The van der Waals surface area contributed by atoms with Crippen LogP contribution in [-0.2, 0) is 16.2 Å². The van der Waals surface area contributed by atoms with Crippen molar-refractivity contribution < 1.29 is 12.8 Å². The van der Waals surface area contributed by atoms with Crippen LogP contribution in [0.4, 0.5) is 10.3 Å². The zero-order chi connectivity index (χ0) is 24.8. The largest absolute Gasteiger partial charge is 0.241 e. The quantitative estimate of drug-likeness (QED) is 0.313. The Morgan fingerprint density at radius 1 is 0.970 bits per heavy atom. The highest BCUT2D eigenvalue weighted by molar-refractivity contribution is 7.92. The maximum absolute atomic E-state index is 13.7. The van der Waals surface area contributed by atoms with Crippen molar-refractivity contribution in [3.8, 4) is 11.3 Å². The highest BCUT2D eigenvalue weighted by Crippen LogP contribution is 2.63. The number of sulfonamides is 1. The number of nitrogens with zero attached hydrogens (tertiary/aromatic N) is 3. The minimum absolute atomic E-state index is 0.0979. The molecule has 33 heavy (non-hydrogen) atoms. The van der Waals surface area contributed by atoms with Crippen LogP contribution in [0.15, 0.2) is 24.3 Å². The molecule has 1 aromatic heterocycles. The number of benzene rings is 1. The third kappa shape index (κ3) is 6.95. The summed E-state index contributed by atoms with van der Waals surface area (Å²) in [6.07, 6.45) is 9.19. The van der Waals surface area contributed by atoms with Crippen LogP contribution in [-0.4, -0.2) is 50.2 Å². The SMILES string of the molecule is CCC[P+](CCC)(CCC)Cc1c(-c2ccc(F)cc2)nc(N(C)S(C)(=O)=O)nc1C(C)C. The molecular weight excluding hydrogens is 456 g/mol. The summed E-state index contributed by atoms with van der Waals surface area (Å²) in [5.41, 5.74) is 3.52. The molecule has 0 aliphatic rings. The van der Waals surface area contributed by atoms with Crippen LogP contribution in [0.5, 0.6) is 0 Å². The molecule has 2 rings (SSSR count). The predicted molar refractivity (Wildman–Crippen MR) is 141 cm³/mol. The Kier molecular flexibility index (Phi) is 9.81. The molecule has 0 spiro atoms. The highest BCUT2D eigenvalue weighted by atomic mass is 32.2. The maximum Gasteiger partial charge on any atom is 0.239 e. The summed E-state index contributed by atoms with van der Waals surface area (Å²) in [5, 5.41) is 0. The van der Waals surface area contributed by atoms with Crippen LogP contribution in [0.25, 0.3) is 11.3 Å². The standard InChI is InChI=1S/C25H40FN3O2PS/c1-8-15-32(16-9-2,17-10-3)18-22-23(19(4)5)27-25(29(6)33(7,30)31)28-24(22)20-11-13-21(26)14-12-20/h11-14,19H,8-10,15-18H2,1-7H3/q+1. The topological polar surface area (TPSA) is 63.2 Å². The molecule has 0 unspecified atom stereocenters. The Labute approximate surface area is 200 Å². The molecule has 0 N–H and O–H groups in total. The molecule has 5 nitrogen and oxygen atoms in total. The Hall–Kier alpha value is -1.59. The van der Waals surface area contributed by atoms with Gasteiger partial charge >= 0.3 is 0 Å². The Bertz CT molecular complexity index is 1010. The second-order valence-electron chi connectivity index (χ2n) is 9.30. The van der Waals surface area contributed by atoms with Gasteiger partial charge in [0, 0.05) is 25.4 Å². The van der Waals surface area contributed by atoms with Gasteiger partial charge in [0.1, 0.15) is 5.82 Å². The van der Waals surface area contributed by atoms with E-state index in [0.29, 0.717) is 0 Å². The highest BCUT2D eigenvalue weighted by Gasteiger charge is 2.38. The van der Waals surface area contributed by atoms with Gasteiger partial charge in [0.05, 0.1) is 42.3 Å². The average molecular weight is 497 g/mol. The zero-order valence-corrected chi connectivity index (χ0v) is 22.9. The summed E-state index contributed by atoms with van der Waals surface area (Å²) in [6, 6.07) is 6.33. The van der Waals surface area contributed by atoms with Crippen LogP contribution >= 0.6 is 7.26 Å². The third-order valence-electron chi connectivity index (χ3n) is 6.06. The van der Waals surface area contributed by atoms with E-state index in [-0.39, 0.29) is 17.7 Å². The minimum atomic E-state index is -3.52. The lowest BCUT2D eigenvalue weighted by Gasteiger charge is -2.29. The van der Waals surface area contributed by atoms with Crippen molar-refractivity contribution in [2.24, 2.45) is 0 Å². The lowest BCUT2D eigenvalue weighted by atomic mass is 9.99. The number of hydrogen-bond acceptors (Lipinski definition) is 4. The molecule has 0 radical (unpaired) electrons. The van der Waals surface area contributed by atoms with Crippen molar-refractivity contribution in [2.75, 3.05) is 36.1 Å². The van der Waals surface area contributed by atoms with E-state index in [1.54, 1.807) is 12.1 Å². The van der Waals surface area contributed by atoms with Gasteiger partial charge in [-0.25, -0.2) is 27.1 Å². The Morgan fingerprint density at radius 2 is 1.48 bits per heavy atom. The average Bonchev–Trinajstić information content (AvgIpc) is 2.73. The summed E-state index contributed by atoms with van der Waals surface area (Å²) < 4.78 is 39.4. The van der Waals surface area contributed by atoms with E-state index in [1.807, 2.05) is 0 Å². The van der Waals surface area contributed by atoms with Crippen molar-refractivity contribution in [1.82, 2.24) is 9.97 Å². The summed E-state index contributed by atoms with van der Waals surface area (Å²) in [5.74, 6) is -0.0490. The fourth-order valence-corrected chi connectivity index (χ4v) is 9.94. The van der Waals surface area contributed by atoms with Gasteiger partial charge < -0.3 is 0 Å². The summed E-state index contributed by atoms with van der Waals surface area (Å²) in [7, 11) is -3.34. The normalized spacial score (nSPS) is 12.4. The molecule has 0 aliphatic carbocycles. The van der Waals surface area contributed by atoms with Crippen molar-refractivity contribution in [3.63, 3.8) is 0 Å². The number of rotatable bonds is 12. The van der Waals surface area contributed by atoms with Crippen molar-refractivity contribution in [3.05, 3.63) is 41.3 Å². The molecule has 0 aliphatic heterocycles. The molecule has 1 heterocycles. The molecule has 0 saturated heterocycles. The molecule has 0 atom stereocenters. The van der Waals surface area contributed by atoms with E-state index in [9.17, 15) is 12.8 Å². The van der Waals surface area contributed by atoms with E-state index in [4.69, 9.17) is 9.97 Å². The van der Waals surface area contributed by atoms with E-state index in [0.717, 1.165) is 58.5 Å². The van der Waals surface area contributed by atoms with Gasteiger partial charge in [0.25, 0.3) is 0 Å².